The molecule has 2 atom stereocenters. The lowest BCUT2D eigenvalue weighted by atomic mass is 9.73. The van der Waals surface area contributed by atoms with Crippen LogP contribution in [0.3, 0.4) is 0 Å². The molecule has 35 heavy (non-hydrogen) atoms. The average Bonchev–Trinajstić information content (AvgIpc) is 2.79. The second-order valence-electron chi connectivity index (χ2n) is 9.30. The first-order valence-corrected chi connectivity index (χ1v) is 13.4. The van der Waals surface area contributed by atoms with Gasteiger partial charge >= 0.3 is 0 Å². The number of nitrogens with one attached hydrogen (secondary N) is 1. The third-order valence-corrected chi connectivity index (χ3v) is 7.88. The van der Waals surface area contributed by atoms with Crippen LogP contribution in [0.5, 0.6) is 11.5 Å². The van der Waals surface area contributed by atoms with Crippen LogP contribution in [0.1, 0.15) is 80.3 Å². The largest absolute Gasteiger partial charge is 0.507 e. The Balaban J connectivity index is 2.13. The third kappa shape index (κ3) is 5.93. The Kier molecular flexibility index (Phi) is 8.38. The van der Waals surface area contributed by atoms with Gasteiger partial charge in [0.1, 0.15) is 16.4 Å². The Morgan fingerprint density at radius 2 is 2.03 bits per heavy atom. The van der Waals surface area contributed by atoms with Gasteiger partial charge in [-0.25, -0.2) is 13.1 Å². The molecule has 1 heterocycles. The highest BCUT2D eigenvalue weighted by Gasteiger charge is 2.34. The highest BCUT2D eigenvalue weighted by Crippen LogP contribution is 2.48. The molecule has 0 bridgehead atoms. The number of carbonyl (C=O) groups excluding carboxylic acids is 1. The van der Waals surface area contributed by atoms with Crippen molar-refractivity contribution in [2.45, 2.75) is 70.1 Å². The molecule has 1 aliphatic carbocycles. The number of pyridine rings is 1. The first kappa shape index (κ1) is 26.5. The fourth-order valence-electron chi connectivity index (χ4n) is 4.71. The fraction of sp³-hybridized carbons (Fsp3) is 0.407. The molecule has 3 rings (SSSR count). The third-order valence-electron chi connectivity index (χ3n) is 6.56. The number of carbonyl (C=O) groups is 1. The molecular formula is C27H34N2O5S. The summed E-state index contributed by atoms with van der Waals surface area (Å²) in [5.41, 5.74) is 2.52. The molecule has 1 amide bonds. The van der Waals surface area contributed by atoms with E-state index in [0.717, 1.165) is 49.4 Å². The van der Waals surface area contributed by atoms with Gasteiger partial charge in [-0.1, -0.05) is 43.6 Å². The molecule has 188 valence electrons. The Morgan fingerprint density at radius 3 is 2.66 bits per heavy atom. The predicted octanol–water partition coefficient (Wildman–Crippen LogP) is 5.36. The predicted molar refractivity (Wildman–Crippen MR) is 136 cm³/mol. The molecule has 0 aliphatic heterocycles. The maximum Gasteiger partial charge on any atom is 0.269 e. The summed E-state index contributed by atoms with van der Waals surface area (Å²) in [6.07, 6.45) is 9.21. The first-order chi connectivity index (χ1) is 16.6. The zero-order valence-electron chi connectivity index (χ0n) is 20.5. The second kappa shape index (κ2) is 11.1. The van der Waals surface area contributed by atoms with E-state index in [4.69, 9.17) is 0 Å². The van der Waals surface area contributed by atoms with Crippen molar-refractivity contribution >= 4 is 15.9 Å². The molecule has 3 N–H and O–H groups in total. The number of aromatic nitrogens is 1. The number of allylic oxidation sites excluding steroid dienone is 3. The van der Waals surface area contributed by atoms with Crippen LogP contribution in [0.2, 0.25) is 0 Å². The van der Waals surface area contributed by atoms with Crippen molar-refractivity contribution in [3.8, 4) is 11.5 Å². The van der Waals surface area contributed by atoms with Crippen LogP contribution in [0.15, 0.2) is 59.3 Å². The molecule has 2 aromatic rings. The maximum absolute atomic E-state index is 13.3. The van der Waals surface area contributed by atoms with Crippen molar-refractivity contribution in [1.29, 1.82) is 0 Å². The van der Waals surface area contributed by atoms with Gasteiger partial charge in [0.15, 0.2) is 0 Å². The lowest BCUT2D eigenvalue weighted by molar-refractivity contribution is 0.0977. The van der Waals surface area contributed by atoms with Crippen LogP contribution in [-0.2, 0) is 16.4 Å². The van der Waals surface area contributed by atoms with E-state index in [1.54, 1.807) is 0 Å². The molecule has 0 spiro atoms. The normalized spacial score (nSPS) is 18.1. The van der Waals surface area contributed by atoms with Gasteiger partial charge in [0.25, 0.3) is 15.9 Å². The first-order valence-electron chi connectivity index (χ1n) is 11.9. The van der Waals surface area contributed by atoms with E-state index in [0.29, 0.717) is 12.0 Å². The number of amides is 1. The van der Waals surface area contributed by atoms with Crippen LogP contribution >= 0.6 is 0 Å². The average molecular weight is 499 g/mol. The van der Waals surface area contributed by atoms with Crippen LogP contribution in [-0.4, -0.2) is 29.5 Å². The summed E-state index contributed by atoms with van der Waals surface area (Å²) in [6.45, 7) is 10.0. The standard InChI is InChI=1S/C27H34N2O5S/c1-5-6-7-9-19-15-23(30)25(22-14-18(4)11-12-21(22)17(2)3)26(31)24(19)27(32)29-35(33,34)20-10-8-13-28-16-20/h8,10,13-16,21-22,30-31H,2,5-7,9,11-12H2,1,3-4H3,(H,29,32)/t21-,22-/m0/s1. The van der Waals surface area contributed by atoms with Gasteiger partial charge in [-0.05, 0) is 69.2 Å². The number of hydrogen-bond acceptors (Lipinski definition) is 6. The lowest BCUT2D eigenvalue weighted by Gasteiger charge is -2.32. The van der Waals surface area contributed by atoms with E-state index in [2.05, 4.69) is 16.3 Å². The number of sulfonamides is 1. The summed E-state index contributed by atoms with van der Waals surface area (Å²) < 4.78 is 27.7. The van der Waals surface area contributed by atoms with E-state index in [1.807, 2.05) is 26.8 Å². The number of benzene rings is 1. The van der Waals surface area contributed by atoms with Gasteiger partial charge in [0, 0.05) is 23.9 Å². The number of hydrogen-bond donors (Lipinski definition) is 3. The number of unbranched alkanes of at least 4 members (excludes halogenated alkanes) is 2. The molecule has 1 aliphatic rings. The van der Waals surface area contributed by atoms with Crippen LogP contribution in [0.25, 0.3) is 0 Å². The van der Waals surface area contributed by atoms with Gasteiger partial charge in [-0.3, -0.25) is 9.78 Å². The smallest absolute Gasteiger partial charge is 0.269 e. The summed E-state index contributed by atoms with van der Waals surface area (Å²) in [5, 5.41) is 22.4. The number of nitrogens with zero attached hydrogens (tertiary/aromatic N) is 1. The summed E-state index contributed by atoms with van der Waals surface area (Å²) in [6, 6.07) is 4.28. The summed E-state index contributed by atoms with van der Waals surface area (Å²) in [4.78, 5) is 17.0. The summed E-state index contributed by atoms with van der Waals surface area (Å²) in [5.74, 6) is -1.85. The number of aromatic hydroxyl groups is 2. The fourth-order valence-corrected chi connectivity index (χ4v) is 5.63. The quantitative estimate of drug-likeness (QED) is 0.317. The van der Waals surface area contributed by atoms with Crippen LogP contribution < -0.4 is 4.72 Å². The Bertz CT molecular complexity index is 1240. The van der Waals surface area contributed by atoms with Crippen molar-refractivity contribution in [3.63, 3.8) is 0 Å². The number of phenolic OH excluding ortho intramolecular Hbond substituents is 2. The summed E-state index contributed by atoms with van der Waals surface area (Å²) in [7, 11) is -4.21. The molecule has 0 saturated carbocycles. The highest BCUT2D eigenvalue weighted by molar-refractivity contribution is 7.90. The maximum atomic E-state index is 13.3. The summed E-state index contributed by atoms with van der Waals surface area (Å²) >= 11 is 0. The number of aryl methyl sites for hydroxylation is 1. The zero-order chi connectivity index (χ0) is 25.8. The van der Waals surface area contributed by atoms with E-state index in [1.165, 1.54) is 24.4 Å². The Labute approximate surface area is 207 Å². The van der Waals surface area contributed by atoms with Crippen molar-refractivity contribution < 1.29 is 23.4 Å². The Hall–Kier alpha value is -3.13. The number of rotatable bonds is 9. The second-order valence-corrected chi connectivity index (χ2v) is 11.0. The molecule has 0 radical (unpaired) electrons. The van der Waals surface area contributed by atoms with Crippen molar-refractivity contribution in [2.24, 2.45) is 5.92 Å². The minimum Gasteiger partial charge on any atom is -0.507 e. The molecule has 8 heteroatoms. The van der Waals surface area contributed by atoms with Gasteiger partial charge in [-0.15, -0.1) is 0 Å². The lowest BCUT2D eigenvalue weighted by Crippen LogP contribution is -2.31. The number of phenols is 2. The molecule has 1 aromatic carbocycles. The minimum absolute atomic E-state index is 0.0310. The van der Waals surface area contributed by atoms with Crippen molar-refractivity contribution in [3.05, 3.63) is 71.1 Å². The minimum atomic E-state index is -4.21. The molecule has 0 saturated heterocycles. The van der Waals surface area contributed by atoms with E-state index >= 15 is 0 Å². The molecular weight excluding hydrogens is 464 g/mol. The molecule has 0 unspecified atom stereocenters. The molecule has 0 fully saturated rings. The van der Waals surface area contributed by atoms with Gasteiger partial charge in [0.05, 0.1) is 5.56 Å². The molecule has 1 aromatic heterocycles. The SMILES string of the molecule is C=C(C)[C@@H]1CCC(C)=C[C@@H]1c1c(O)cc(CCCCC)c(C(=O)NS(=O)(=O)c2cccnc2)c1O. The van der Waals surface area contributed by atoms with Gasteiger partial charge < -0.3 is 10.2 Å². The zero-order valence-corrected chi connectivity index (χ0v) is 21.4. The van der Waals surface area contributed by atoms with E-state index < -0.39 is 21.7 Å². The van der Waals surface area contributed by atoms with Gasteiger partial charge in [0.2, 0.25) is 0 Å². The topological polar surface area (TPSA) is 117 Å². The Morgan fingerprint density at radius 1 is 1.29 bits per heavy atom. The van der Waals surface area contributed by atoms with Crippen LogP contribution in [0, 0.1) is 5.92 Å². The monoisotopic (exact) mass is 498 g/mol. The van der Waals surface area contributed by atoms with E-state index in [-0.39, 0.29) is 33.6 Å². The van der Waals surface area contributed by atoms with Crippen molar-refractivity contribution in [2.75, 3.05) is 0 Å². The highest BCUT2D eigenvalue weighted by atomic mass is 32.2. The van der Waals surface area contributed by atoms with Gasteiger partial charge in [-0.2, -0.15) is 0 Å². The van der Waals surface area contributed by atoms with Crippen molar-refractivity contribution in [1.82, 2.24) is 9.71 Å². The van der Waals surface area contributed by atoms with E-state index in [9.17, 15) is 23.4 Å². The molecule has 7 nitrogen and oxygen atoms in total. The van der Waals surface area contributed by atoms with Crippen LogP contribution in [0.4, 0.5) is 0 Å².